The summed E-state index contributed by atoms with van der Waals surface area (Å²) in [6.07, 6.45) is 2.57. The lowest BCUT2D eigenvalue weighted by Crippen LogP contribution is -2.20. The molecule has 1 aliphatic heterocycles. The number of aromatic nitrogens is 2. The van der Waals surface area contributed by atoms with Gasteiger partial charge in [0.1, 0.15) is 5.69 Å². The normalized spacial score (nSPS) is 12.8. The maximum Gasteiger partial charge on any atom is 0.274 e. The van der Waals surface area contributed by atoms with Gasteiger partial charge in [-0.25, -0.2) is 9.97 Å². The summed E-state index contributed by atoms with van der Waals surface area (Å²) >= 11 is 3.43. The quantitative estimate of drug-likeness (QED) is 0.723. The van der Waals surface area contributed by atoms with Gasteiger partial charge >= 0.3 is 0 Å². The van der Waals surface area contributed by atoms with E-state index in [1.165, 1.54) is 5.56 Å². The molecule has 0 bridgehead atoms. The number of nitrogens with one attached hydrogen (secondary N) is 1. The maximum absolute atomic E-state index is 12.5. The van der Waals surface area contributed by atoms with E-state index in [0.717, 1.165) is 23.1 Å². The fraction of sp³-hybridized carbons (Fsp3) is 0.105. The smallest absolute Gasteiger partial charge is 0.274 e. The fourth-order valence-corrected chi connectivity index (χ4v) is 3.28. The van der Waals surface area contributed by atoms with Gasteiger partial charge in [0.05, 0.1) is 5.69 Å². The number of nitrogens with zero attached hydrogens (tertiary/aromatic N) is 3. The summed E-state index contributed by atoms with van der Waals surface area (Å²) in [7, 11) is 0. The zero-order chi connectivity index (χ0) is 17.2. The Morgan fingerprint density at radius 3 is 2.76 bits per heavy atom. The van der Waals surface area contributed by atoms with E-state index in [9.17, 15) is 4.79 Å². The van der Waals surface area contributed by atoms with Crippen molar-refractivity contribution < 1.29 is 4.79 Å². The molecule has 0 radical (unpaired) electrons. The van der Waals surface area contributed by atoms with Crippen LogP contribution in [0.4, 0.5) is 17.3 Å². The average molecular weight is 395 g/mol. The number of para-hydroxylation sites is 2. The summed E-state index contributed by atoms with van der Waals surface area (Å²) in [6.45, 7) is 0.814. The van der Waals surface area contributed by atoms with E-state index in [-0.39, 0.29) is 5.91 Å². The molecule has 0 spiro atoms. The monoisotopic (exact) mass is 394 g/mol. The Kier molecular flexibility index (Phi) is 4.19. The minimum absolute atomic E-state index is 0.261. The van der Waals surface area contributed by atoms with Gasteiger partial charge in [-0.05, 0) is 52.2 Å². The number of carbonyl (C=O) groups excluding carboxylic acids is 1. The molecule has 0 aliphatic carbocycles. The van der Waals surface area contributed by atoms with E-state index in [1.54, 1.807) is 12.3 Å². The molecule has 3 aromatic rings. The van der Waals surface area contributed by atoms with Gasteiger partial charge in [-0.3, -0.25) is 4.79 Å². The van der Waals surface area contributed by atoms with Gasteiger partial charge in [0.2, 0.25) is 5.95 Å². The number of amides is 1. The van der Waals surface area contributed by atoms with Gasteiger partial charge in [0.25, 0.3) is 5.91 Å². The number of fused-ring (bicyclic) bond motifs is 1. The molecule has 1 aliphatic rings. The lowest BCUT2D eigenvalue weighted by molar-refractivity contribution is 0.102. The lowest BCUT2D eigenvalue weighted by Gasteiger charge is -2.17. The third kappa shape index (κ3) is 3.13. The first-order valence-electron chi connectivity index (χ1n) is 7.97. The minimum Gasteiger partial charge on any atom is -0.320 e. The second-order valence-electron chi connectivity index (χ2n) is 5.71. The molecule has 1 amide bonds. The van der Waals surface area contributed by atoms with Gasteiger partial charge in [-0.15, -0.1) is 0 Å². The van der Waals surface area contributed by atoms with Crippen molar-refractivity contribution in [1.29, 1.82) is 0 Å². The van der Waals surface area contributed by atoms with Gasteiger partial charge < -0.3 is 10.2 Å². The predicted octanol–water partition coefficient (Wildman–Crippen LogP) is 4.19. The van der Waals surface area contributed by atoms with Crippen LogP contribution >= 0.6 is 15.9 Å². The highest BCUT2D eigenvalue weighted by molar-refractivity contribution is 9.10. The highest BCUT2D eigenvalue weighted by Crippen LogP contribution is 2.32. The standard InChI is InChI=1S/C19H15BrN4O/c20-14-6-2-3-7-15(14)22-18(25)16-9-11-21-19(23-16)24-12-10-13-5-1-4-8-17(13)24/h1-9,11H,10,12H2,(H,22,25). The number of benzene rings is 2. The van der Waals surface area contributed by atoms with Crippen molar-refractivity contribution >= 4 is 39.2 Å². The van der Waals surface area contributed by atoms with Crippen LogP contribution in [0.2, 0.25) is 0 Å². The average Bonchev–Trinajstić information content (AvgIpc) is 3.08. The maximum atomic E-state index is 12.5. The molecule has 25 heavy (non-hydrogen) atoms. The van der Waals surface area contributed by atoms with Crippen LogP contribution < -0.4 is 10.2 Å². The van der Waals surface area contributed by atoms with Crippen molar-refractivity contribution in [2.24, 2.45) is 0 Å². The Bertz CT molecular complexity index is 944. The van der Waals surface area contributed by atoms with Crippen molar-refractivity contribution in [3.05, 3.63) is 76.5 Å². The molecule has 0 unspecified atom stereocenters. The number of carbonyl (C=O) groups is 1. The number of rotatable bonds is 3. The van der Waals surface area contributed by atoms with E-state index in [2.05, 4.69) is 43.3 Å². The van der Waals surface area contributed by atoms with E-state index >= 15 is 0 Å². The summed E-state index contributed by atoms with van der Waals surface area (Å²) < 4.78 is 0.825. The first kappa shape index (κ1) is 15.8. The second-order valence-corrected chi connectivity index (χ2v) is 6.56. The first-order chi connectivity index (χ1) is 12.2. The van der Waals surface area contributed by atoms with Gasteiger partial charge in [0.15, 0.2) is 0 Å². The molecule has 2 aromatic carbocycles. The van der Waals surface area contributed by atoms with E-state index in [4.69, 9.17) is 0 Å². The van der Waals surface area contributed by atoms with Crippen molar-refractivity contribution in [3.8, 4) is 0 Å². The Morgan fingerprint density at radius 1 is 1.08 bits per heavy atom. The molecule has 0 atom stereocenters. The minimum atomic E-state index is -0.261. The molecule has 1 aromatic heterocycles. The molecular weight excluding hydrogens is 380 g/mol. The predicted molar refractivity (Wildman–Crippen MR) is 101 cm³/mol. The fourth-order valence-electron chi connectivity index (χ4n) is 2.90. The molecule has 2 heterocycles. The highest BCUT2D eigenvalue weighted by Gasteiger charge is 2.22. The molecular formula is C19H15BrN4O. The summed E-state index contributed by atoms with van der Waals surface area (Å²) in [5.74, 6) is 0.285. The molecule has 124 valence electrons. The van der Waals surface area contributed by atoms with Crippen molar-refractivity contribution in [2.45, 2.75) is 6.42 Å². The topological polar surface area (TPSA) is 58.1 Å². The zero-order valence-corrected chi connectivity index (χ0v) is 14.9. The molecule has 0 saturated carbocycles. The number of hydrogen-bond acceptors (Lipinski definition) is 4. The molecule has 0 fully saturated rings. The molecule has 1 N–H and O–H groups in total. The largest absolute Gasteiger partial charge is 0.320 e. The highest BCUT2D eigenvalue weighted by atomic mass is 79.9. The Labute approximate surface area is 153 Å². The summed E-state index contributed by atoms with van der Waals surface area (Å²) in [5, 5.41) is 2.87. The van der Waals surface area contributed by atoms with Crippen LogP contribution in [0.5, 0.6) is 0 Å². The second kappa shape index (κ2) is 6.64. The van der Waals surface area contributed by atoms with Crippen LogP contribution in [0.15, 0.2) is 65.3 Å². The van der Waals surface area contributed by atoms with E-state index < -0.39 is 0 Å². The number of anilines is 3. The van der Waals surface area contributed by atoms with Gasteiger partial charge in [-0.2, -0.15) is 0 Å². The first-order valence-corrected chi connectivity index (χ1v) is 8.76. The van der Waals surface area contributed by atoms with Crippen LogP contribution in [0.25, 0.3) is 0 Å². The van der Waals surface area contributed by atoms with Crippen molar-refractivity contribution in [1.82, 2.24) is 9.97 Å². The Morgan fingerprint density at radius 2 is 1.88 bits per heavy atom. The van der Waals surface area contributed by atoms with Crippen LogP contribution in [0.1, 0.15) is 16.1 Å². The SMILES string of the molecule is O=C(Nc1ccccc1Br)c1ccnc(N2CCc3ccccc32)n1. The van der Waals surface area contributed by atoms with Crippen LogP contribution in [-0.2, 0) is 6.42 Å². The molecule has 5 nitrogen and oxygen atoms in total. The van der Waals surface area contributed by atoms with E-state index in [1.807, 2.05) is 41.3 Å². The van der Waals surface area contributed by atoms with E-state index in [0.29, 0.717) is 17.3 Å². The van der Waals surface area contributed by atoms with Crippen molar-refractivity contribution in [3.63, 3.8) is 0 Å². The van der Waals surface area contributed by atoms with Crippen LogP contribution in [0.3, 0.4) is 0 Å². The van der Waals surface area contributed by atoms with Gasteiger partial charge in [-0.1, -0.05) is 30.3 Å². The lowest BCUT2D eigenvalue weighted by atomic mass is 10.2. The van der Waals surface area contributed by atoms with Crippen molar-refractivity contribution in [2.75, 3.05) is 16.8 Å². The third-order valence-corrected chi connectivity index (χ3v) is 4.82. The Balaban J connectivity index is 1.60. The van der Waals surface area contributed by atoms with Crippen LogP contribution in [-0.4, -0.2) is 22.4 Å². The van der Waals surface area contributed by atoms with Crippen LogP contribution in [0, 0.1) is 0 Å². The summed E-state index contributed by atoms with van der Waals surface area (Å²) in [6, 6.07) is 17.3. The third-order valence-electron chi connectivity index (χ3n) is 4.13. The van der Waals surface area contributed by atoms with Gasteiger partial charge in [0, 0.05) is 22.9 Å². The summed E-state index contributed by atoms with van der Waals surface area (Å²) in [4.78, 5) is 23.4. The molecule has 0 saturated heterocycles. The molecule has 4 rings (SSSR count). The summed E-state index contributed by atoms with van der Waals surface area (Å²) in [5.41, 5.74) is 3.42. The Hall–Kier alpha value is -2.73. The number of halogens is 1. The zero-order valence-electron chi connectivity index (χ0n) is 13.3. The molecule has 6 heteroatoms. The number of hydrogen-bond donors (Lipinski definition) is 1.